The van der Waals surface area contributed by atoms with Crippen molar-refractivity contribution in [2.75, 3.05) is 10.6 Å². The second kappa shape index (κ2) is 7.50. The number of fused-ring (bicyclic) bond motifs is 1. The number of nitrogens with zero attached hydrogens (tertiary/aromatic N) is 3. The van der Waals surface area contributed by atoms with Gasteiger partial charge in [-0.15, -0.1) is 0 Å². The van der Waals surface area contributed by atoms with Crippen molar-refractivity contribution in [1.82, 2.24) is 19.9 Å². The number of carbonyl (C=O) groups excluding carboxylic acids is 1. The molecule has 1 aromatic carbocycles. The van der Waals surface area contributed by atoms with Gasteiger partial charge in [0.25, 0.3) is 0 Å². The lowest BCUT2D eigenvalue weighted by molar-refractivity contribution is -0.118. The Hall–Kier alpha value is -3.32. The lowest BCUT2D eigenvalue weighted by atomic mass is 10.1. The Balaban J connectivity index is 1.50. The second-order valence-corrected chi connectivity index (χ2v) is 8.07. The topological polar surface area (TPSA) is 83.4 Å². The molecule has 1 amide bonds. The van der Waals surface area contributed by atoms with Gasteiger partial charge in [0, 0.05) is 34.9 Å². The number of hydrogen-bond donors (Lipinski definition) is 3. The maximum atomic E-state index is 11.7. The monoisotopic (exact) mass is 420 g/mol. The first kappa shape index (κ1) is 18.7. The Kier molecular flexibility index (Phi) is 4.67. The number of carbonyl (C=O) groups is 1. The maximum Gasteiger partial charge on any atom is 0.228 e. The molecule has 30 heavy (non-hydrogen) atoms. The standard InChI is InChI=1S/C22H21ClN6O/c1-13-15(9-21(30)26-13)8-16-12-25-29-20(27-18-5-6-18)10-19(28-22(16)29)24-11-14-3-2-4-17(23)7-14/h2-4,7-8,10,12,18,27H,1,5-6,9,11H2,(H,24,28)(H,26,30)/b15-8+. The maximum absolute atomic E-state index is 11.7. The molecule has 1 saturated heterocycles. The molecule has 1 aliphatic carbocycles. The molecule has 0 radical (unpaired) electrons. The molecule has 2 fully saturated rings. The lowest BCUT2D eigenvalue weighted by Crippen LogP contribution is -2.10. The van der Waals surface area contributed by atoms with Crippen molar-refractivity contribution in [2.45, 2.75) is 31.8 Å². The van der Waals surface area contributed by atoms with Crippen LogP contribution >= 0.6 is 11.6 Å². The molecule has 1 aliphatic heterocycles. The molecule has 8 heteroatoms. The molecule has 0 unspecified atom stereocenters. The Labute approximate surface area is 178 Å². The van der Waals surface area contributed by atoms with Crippen molar-refractivity contribution in [3.8, 4) is 0 Å². The molecule has 2 aromatic heterocycles. The molecule has 5 rings (SSSR count). The molecule has 1 saturated carbocycles. The highest BCUT2D eigenvalue weighted by Gasteiger charge is 2.24. The first-order chi connectivity index (χ1) is 14.5. The molecule has 0 atom stereocenters. The first-order valence-electron chi connectivity index (χ1n) is 9.88. The normalized spacial score (nSPS) is 17.6. The quantitative estimate of drug-likeness (QED) is 0.561. The summed E-state index contributed by atoms with van der Waals surface area (Å²) in [5.41, 5.74) is 4.11. The van der Waals surface area contributed by atoms with Crippen LogP contribution in [0.3, 0.4) is 0 Å². The van der Waals surface area contributed by atoms with Gasteiger partial charge in [-0.25, -0.2) is 4.98 Å². The number of benzene rings is 1. The number of nitrogens with one attached hydrogen (secondary N) is 3. The van der Waals surface area contributed by atoms with E-state index in [9.17, 15) is 4.79 Å². The van der Waals surface area contributed by atoms with Crippen LogP contribution in [0.4, 0.5) is 11.6 Å². The highest BCUT2D eigenvalue weighted by Crippen LogP contribution is 2.29. The Morgan fingerprint density at radius 2 is 2.20 bits per heavy atom. The zero-order valence-electron chi connectivity index (χ0n) is 16.3. The Morgan fingerprint density at radius 3 is 2.93 bits per heavy atom. The molecule has 0 bridgehead atoms. The summed E-state index contributed by atoms with van der Waals surface area (Å²) < 4.78 is 1.81. The third-order valence-electron chi connectivity index (χ3n) is 5.15. The molecule has 3 heterocycles. The number of rotatable bonds is 6. The Morgan fingerprint density at radius 1 is 1.33 bits per heavy atom. The van der Waals surface area contributed by atoms with E-state index >= 15 is 0 Å². The average Bonchev–Trinajstić information content (AvgIpc) is 3.35. The highest BCUT2D eigenvalue weighted by molar-refractivity contribution is 6.30. The van der Waals surface area contributed by atoms with Gasteiger partial charge in [0.05, 0.1) is 12.6 Å². The van der Waals surface area contributed by atoms with Crippen molar-refractivity contribution in [1.29, 1.82) is 0 Å². The van der Waals surface area contributed by atoms with Gasteiger partial charge >= 0.3 is 0 Å². The van der Waals surface area contributed by atoms with Crippen LogP contribution < -0.4 is 16.0 Å². The summed E-state index contributed by atoms with van der Waals surface area (Å²) in [5, 5.41) is 14.9. The second-order valence-electron chi connectivity index (χ2n) is 7.64. The highest BCUT2D eigenvalue weighted by atomic mass is 35.5. The van der Waals surface area contributed by atoms with Crippen LogP contribution in [0, 0.1) is 0 Å². The predicted octanol–water partition coefficient (Wildman–Crippen LogP) is 3.99. The van der Waals surface area contributed by atoms with Crippen LogP contribution in [0.5, 0.6) is 0 Å². The zero-order chi connectivity index (χ0) is 20.7. The van der Waals surface area contributed by atoms with E-state index in [1.165, 1.54) is 0 Å². The third kappa shape index (κ3) is 3.89. The fourth-order valence-corrected chi connectivity index (χ4v) is 3.66. The number of aromatic nitrogens is 3. The van der Waals surface area contributed by atoms with Crippen LogP contribution in [0.1, 0.15) is 30.4 Å². The van der Waals surface area contributed by atoms with Crippen molar-refractivity contribution in [2.24, 2.45) is 0 Å². The fourth-order valence-electron chi connectivity index (χ4n) is 3.45. The van der Waals surface area contributed by atoms with E-state index in [-0.39, 0.29) is 5.91 Å². The number of hydrogen-bond acceptors (Lipinski definition) is 5. The summed E-state index contributed by atoms with van der Waals surface area (Å²) in [6, 6.07) is 10.2. The minimum Gasteiger partial charge on any atom is -0.367 e. The molecule has 0 spiro atoms. The van der Waals surface area contributed by atoms with Gasteiger partial charge in [0.15, 0.2) is 5.65 Å². The minimum absolute atomic E-state index is 0.0457. The SMILES string of the molecule is C=C1NC(=O)C/C1=C\c1cnn2c(NC3CC3)cc(NCc3cccc(Cl)c3)nc12. The van der Waals surface area contributed by atoms with Crippen molar-refractivity contribution in [3.63, 3.8) is 0 Å². The summed E-state index contributed by atoms with van der Waals surface area (Å²) in [4.78, 5) is 16.4. The average molecular weight is 421 g/mol. The largest absolute Gasteiger partial charge is 0.367 e. The van der Waals surface area contributed by atoms with E-state index in [4.69, 9.17) is 16.6 Å². The molecule has 7 nitrogen and oxygen atoms in total. The van der Waals surface area contributed by atoms with E-state index in [1.54, 1.807) is 6.20 Å². The minimum atomic E-state index is -0.0457. The molecule has 152 valence electrons. The van der Waals surface area contributed by atoms with E-state index in [0.29, 0.717) is 35.4 Å². The molecule has 2 aliphatic rings. The van der Waals surface area contributed by atoms with Crippen LogP contribution in [-0.4, -0.2) is 26.5 Å². The van der Waals surface area contributed by atoms with Crippen LogP contribution in [0.2, 0.25) is 5.02 Å². The van der Waals surface area contributed by atoms with Gasteiger partial charge in [0.2, 0.25) is 5.91 Å². The van der Waals surface area contributed by atoms with Gasteiger partial charge in [-0.1, -0.05) is 30.3 Å². The van der Waals surface area contributed by atoms with Gasteiger partial charge in [-0.2, -0.15) is 9.61 Å². The number of anilines is 2. The van der Waals surface area contributed by atoms with E-state index in [2.05, 4.69) is 27.6 Å². The first-order valence-corrected chi connectivity index (χ1v) is 10.3. The molecule has 3 aromatic rings. The molecule has 3 N–H and O–H groups in total. The van der Waals surface area contributed by atoms with Gasteiger partial charge in [-0.05, 0) is 42.2 Å². The van der Waals surface area contributed by atoms with Gasteiger partial charge in [0.1, 0.15) is 11.6 Å². The van der Waals surface area contributed by atoms with Crippen LogP contribution in [-0.2, 0) is 11.3 Å². The van der Waals surface area contributed by atoms with Crippen molar-refractivity contribution >= 4 is 40.9 Å². The van der Waals surface area contributed by atoms with Gasteiger partial charge in [-0.3, -0.25) is 4.79 Å². The zero-order valence-corrected chi connectivity index (χ0v) is 17.0. The predicted molar refractivity (Wildman–Crippen MR) is 118 cm³/mol. The van der Waals surface area contributed by atoms with Crippen molar-refractivity contribution in [3.05, 3.63) is 70.5 Å². The van der Waals surface area contributed by atoms with Crippen molar-refractivity contribution < 1.29 is 4.79 Å². The number of allylic oxidation sites excluding steroid dienone is 1. The molecular weight excluding hydrogens is 400 g/mol. The summed E-state index contributed by atoms with van der Waals surface area (Å²) >= 11 is 6.10. The smallest absolute Gasteiger partial charge is 0.228 e. The summed E-state index contributed by atoms with van der Waals surface area (Å²) in [7, 11) is 0. The summed E-state index contributed by atoms with van der Waals surface area (Å²) in [6.07, 6.45) is 6.32. The number of amides is 1. The molecular formula is C22H21ClN6O. The van der Waals surface area contributed by atoms with Crippen LogP contribution in [0.15, 0.2) is 54.4 Å². The fraction of sp³-hybridized carbons (Fsp3) is 0.227. The van der Waals surface area contributed by atoms with Crippen LogP contribution in [0.25, 0.3) is 11.7 Å². The number of halogens is 1. The van der Waals surface area contributed by atoms with Gasteiger partial charge < -0.3 is 16.0 Å². The Bertz CT molecular complexity index is 1190. The summed E-state index contributed by atoms with van der Waals surface area (Å²) in [6.45, 7) is 4.52. The van der Waals surface area contributed by atoms with E-state index in [1.807, 2.05) is 40.9 Å². The lowest BCUT2D eigenvalue weighted by Gasteiger charge is -2.12. The third-order valence-corrected chi connectivity index (χ3v) is 5.38. The summed E-state index contributed by atoms with van der Waals surface area (Å²) in [5.74, 6) is 1.58. The van der Waals surface area contributed by atoms with E-state index in [0.717, 1.165) is 41.2 Å². The van der Waals surface area contributed by atoms with E-state index < -0.39 is 0 Å².